The number of halogens is 1. The summed E-state index contributed by atoms with van der Waals surface area (Å²) in [6.45, 7) is 13.4. The molecule has 0 aliphatic rings. The van der Waals surface area contributed by atoms with Crippen LogP contribution in [0.5, 0.6) is 11.5 Å². The first-order valence-electron chi connectivity index (χ1n) is 15.7. The molecule has 3 aromatic heterocycles. The van der Waals surface area contributed by atoms with Gasteiger partial charge in [-0.3, -0.25) is 4.68 Å². The van der Waals surface area contributed by atoms with Gasteiger partial charge in [0.05, 0.1) is 6.20 Å². The van der Waals surface area contributed by atoms with Gasteiger partial charge in [-0.25, -0.2) is 9.37 Å². The Labute approximate surface area is 289 Å². The largest absolute Gasteiger partial charge is 2.00 e. The van der Waals surface area contributed by atoms with E-state index in [0.29, 0.717) is 29.2 Å². The zero-order valence-corrected chi connectivity index (χ0v) is 29.5. The predicted molar refractivity (Wildman–Crippen MR) is 183 cm³/mol. The van der Waals surface area contributed by atoms with Crippen LogP contribution in [0.25, 0.3) is 44.4 Å². The third-order valence-corrected chi connectivity index (χ3v) is 8.56. The molecule has 0 saturated carbocycles. The maximum absolute atomic E-state index is 14.2. The molecule has 47 heavy (non-hydrogen) atoms. The van der Waals surface area contributed by atoms with Gasteiger partial charge in [0, 0.05) is 41.0 Å². The van der Waals surface area contributed by atoms with Crippen molar-refractivity contribution in [2.24, 2.45) is 0 Å². The first-order valence-corrected chi connectivity index (χ1v) is 15.7. The Bertz CT molecular complexity index is 2220. The Hall–Kier alpha value is -4.54. The quantitative estimate of drug-likeness (QED) is 0.151. The van der Waals surface area contributed by atoms with Crippen molar-refractivity contribution in [3.63, 3.8) is 0 Å². The van der Waals surface area contributed by atoms with Crippen LogP contribution in [-0.2, 0) is 21.1 Å². The van der Waals surface area contributed by atoms with Gasteiger partial charge in [0.25, 0.3) is 0 Å². The number of fused-ring (bicyclic) bond motifs is 3. The maximum Gasteiger partial charge on any atom is 2.00 e. The molecule has 0 unspecified atom stereocenters. The van der Waals surface area contributed by atoms with Crippen LogP contribution >= 0.6 is 0 Å². The number of para-hydroxylation sites is 1. The van der Waals surface area contributed by atoms with Crippen molar-refractivity contribution in [2.45, 2.75) is 53.4 Å². The van der Waals surface area contributed by atoms with Gasteiger partial charge in [0.1, 0.15) is 11.6 Å². The summed E-state index contributed by atoms with van der Waals surface area (Å²) in [6, 6.07) is 29.6. The average Bonchev–Trinajstić information content (AvgIpc) is 3.64. The first-order chi connectivity index (χ1) is 22.2. The number of benzene rings is 4. The van der Waals surface area contributed by atoms with Gasteiger partial charge in [0.2, 0.25) is 0 Å². The smallest absolute Gasteiger partial charge is 0.509 e. The van der Waals surface area contributed by atoms with Crippen molar-refractivity contribution >= 4 is 21.8 Å². The summed E-state index contributed by atoms with van der Waals surface area (Å²) in [7, 11) is 0. The van der Waals surface area contributed by atoms with Gasteiger partial charge in [-0.05, 0) is 76.7 Å². The molecule has 0 aliphatic carbocycles. The first kappa shape index (κ1) is 32.4. The monoisotopic (exact) mass is 801 g/mol. The van der Waals surface area contributed by atoms with Crippen LogP contribution in [0.1, 0.15) is 61.8 Å². The minimum absolute atomic E-state index is 0. The fourth-order valence-corrected chi connectivity index (χ4v) is 6.84. The summed E-state index contributed by atoms with van der Waals surface area (Å²) >= 11 is 0. The fraction of sp³-hybridized carbons (Fsp3) is 0.200. The third-order valence-electron chi connectivity index (χ3n) is 8.56. The average molecular weight is 802 g/mol. The molecule has 7 aromatic rings. The standard InChI is InChI=1S/C40H35FN4O.Pt/c1-24(2)38-26(5)18-27(6)39(25(3)4)40(38)28-22-43-44(23-28)30-10-9-11-31(20-30)46-32-14-15-34-33-12-7-8-13-35(33)45(36(34)21-32)37-19-29(41)16-17-42-37;/h7-19,22-25H,1-6H3;/q-2;+2. The molecule has 0 saturated heterocycles. The van der Waals surface area contributed by atoms with Crippen molar-refractivity contribution in [1.82, 2.24) is 19.3 Å². The number of aryl methyl sites for hydroxylation is 2. The second-order valence-electron chi connectivity index (χ2n) is 12.5. The van der Waals surface area contributed by atoms with Crippen LogP contribution in [-0.4, -0.2) is 19.3 Å². The van der Waals surface area contributed by atoms with E-state index in [0.717, 1.165) is 33.1 Å². The van der Waals surface area contributed by atoms with E-state index >= 15 is 0 Å². The molecule has 7 heteroatoms. The number of hydrogen-bond acceptors (Lipinski definition) is 3. The molecular formula is C40H35FN4OPt. The molecule has 4 aromatic carbocycles. The molecule has 238 valence electrons. The summed E-state index contributed by atoms with van der Waals surface area (Å²) in [5.41, 5.74) is 10.2. The van der Waals surface area contributed by atoms with Gasteiger partial charge in [-0.15, -0.1) is 35.7 Å². The van der Waals surface area contributed by atoms with E-state index in [1.54, 1.807) is 0 Å². The molecule has 0 N–H and O–H groups in total. The van der Waals surface area contributed by atoms with Crippen LogP contribution in [0.3, 0.4) is 0 Å². The van der Waals surface area contributed by atoms with Crippen LogP contribution in [0, 0.1) is 31.8 Å². The van der Waals surface area contributed by atoms with E-state index in [2.05, 4.69) is 70.9 Å². The normalized spacial score (nSPS) is 11.5. The van der Waals surface area contributed by atoms with Crippen LogP contribution < -0.4 is 4.74 Å². The minimum Gasteiger partial charge on any atom is -0.509 e. The van der Waals surface area contributed by atoms with E-state index < -0.39 is 0 Å². The zero-order chi connectivity index (χ0) is 32.1. The number of aromatic nitrogens is 4. The molecule has 7 rings (SSSR count). The van der Waals surface area contributed by atoms with E-state index in [-0.39, 0.29) is 26.9 Å². The summed E-state index contributed by atoms with van der Waals surface area (Å²) in [5, 5.41) is 6.77. The van der Waals surface area contributed by atoms with Gasteiger partial charge in [-0.2, -0.15) is 17.2 Å². The summed E-state index contributed by atoms with van der Waals surface area (Å²) in [6.07, 6.45) is 5.51. The Morgan fingerprint density at radius 2 is 1.51 bits per heavy atom. The van der Waals surface area contributed by atoms with Gasteiger partial charge >= 0.3 is 21.1 Å². The number of nitrogens with zero attached hydrogens (tertiary/aromatic N) is 4. The Balaban J connectivity index is 0.00000386. The van der Waals surface area contributed by atoms with Gasteiger partial charge in [-0.1, -0.05) is 57.5 Å². The molecular weight excluding hydrogens is 767 g/mol. The number of rotatable bonds is 7. The van der Waals surface area contributed by atoms with Crippen molar-refractivity contribution in [3.8, 4) is 34.1 Å². The molecule has 5 nitrogen and oxygen atoms in total. The van der Waals surface area contributed by atoms with Gasteiger partial charge < -0.3 is 9.30 Å². The van der Waals surface area contributed by atoms with Crippen LogP contribution in [0.4, 0.5) is 4.39 Å². The second-order valence-corrected chi connectivity index (χ2v) is 12.5. The summed E-state index contributed by atoms with van der Waals surface area (Å²) in [4.78, 5) is 4.45. The maximum atomic E-state index is 14.2. The molecule has 0 radical (unpaired) electrons. The molecule has 0 amide bonds. The van der Waals surface area contributed by atoms with Crippen molar-refractivity contribution in [2.75, 3.05) is 0 Å². The summed E-state index contributed by atoms with van der Waals surface area (Å²) < 4.78 is 24.3. The molecule has 0 bridgehead atoms. The molecule has 0 spiro atoms. The second kappa shape index (κ2) is 12.9. The SMILES string of the molecule is Cc1cc(C)c(C(C)C)c(-c2cnn(-c3[c-]c(Oc4[c-]c5c(cc4)c4ccccc4n5-c4cc(F)ccn4)ccc3)c2)c1C(C)C.[Pt+2]. The molecule has 0 fully saturated rings. The van der Waals surface area contributed by atoms with E-state index in [4.69, 9.17) is 9.84 Å². The number of hydrogen-bond donors (Lipinski definition) is 0. The van der Waals surface area contributed by atoms with E-state index in [1.165, 1.54) is 46.1 Å². The van der Waals surface area contributed by atoms with E-state index in [1.807, 2.05) is 70.0 Å². The van der Waals surface area contributed by atoms with Crippen molar-refractivity contribution in [3.05, 3.63) is 132 Å². The topological polar surface area (TPSA) is 44.9 Å². The number of pyridine rings is 1. The Morgan fingerprint density at radius 3 is 2.23 bits per heavy atom. The van der Waals surface area contributed by atoms with Crippen LogP contribution in [0.15, 0.2) is 91.4 Å². The van der Waals surface area contributed by atoms with Crippen molar-refractivity contribution < 1.29 is 30.2 Å². The van der Waals surface area contributed by atoms with Gasteiger partial charge in [0.15, 0.2) is 0 Å². The zero-order valence-electron chi connectivity index (χ0n) is 27.2. The summed E-state index contributed by atoms with van der Waals surface area (Å²) in [5.74, 6) is 1.93. The van der Waals surface area contributed by atoms with E-state index in [9.17, 15) is 4.39 Å². The predicted octanol–water partition coefficient (Wildman–Crippen LogP) is 10.4. The molecule has 0 aliphatic heterocycles. The molecule has 3 heterocycles. The molecule has 0 atom stereocenters. The minimum atomic E-state index is -0.352. The Kier molecular flexibility index (Phi) is 8.91. The fourth-order valence-electron chi connectivity index (χ4n) is 6.84. The van der Waals surface area contributed by atoms with Crippen LogP contribution in [0.2, 0.25) is 0 Å². The van der Waals surface area contributed by atoms with Crippen molar-refractivity contribution in [1.29, 1.82) is 0 Å². The Morgan fingerprint density at radius 1 is 0.787 bits per heavy atom. The number of ether oxygens (including phenoxy) is 1. The third kappa shape index (κ3) is 5.92.